The summed E-state index contributed by atoms with van der Waals surface area (Å²) in [6.07, 6.45) is 14.4. The third kappa shape index (κ3) is 13.9. The van der Waals surface area contributed by atoms with Crippen LogP contribution in [0.1, 0.15) is 12.8 Å². The zero-order valence-corrected chi connectivity index (χ0v) is 67.3. The largest absolute Gasteiger partial charge is 0.497 e. The van der Waals surface area contributed by atoms with Crippen LogP contribution in [0.25, 0.3) is 99.0 Å². The summed E-state index contributed by atoms with van der Waals surface area (Å²) in [5, 5.41) is 6.71. The molecule has 0 fully saturated rings. The van der Waals surface area contributed by atoms with Gasteiger partial charge in [-0.1, -0.05) is 48.6 Å². The van der Waals surface area contributed by atoms with Crippen molar-refractivity contribution in [2.24, 2.45) is 0 Å². The quantitative estimate of drug-likeness (QED) is 0.0622. The molecule has 2 aliphatic carbocycles. The molecule has 17 aromatic rings. The van der Waals surface area contributed by atoms with Crippen LogP contribution in [-0.4, -0.2) is 83.1 Å². The van der Waals surface area contributed by atoms with Crippen molar-refractivity contribution < 1.29 is 37.9 Å². The van der Waals surface area contributed by atoms with E-state index in [1.54, 1.807) is 56.9 Å². The maximum Gasteiger partial charge on any atom is 0.119 e. The van der Waals surface area contributed by atoms with E-state index < -0.39 is 0 Å². The van der Waals surface area contributed by atoms with Gasteiger partial charge >= 0.3 is 0 Å². The van der Waals surface area contributed by atoms with Gasteiger partial charge in [-0.15, -0.1) is 0 Å². The van der Waals surface area contributed by atoms with Gasteiger partial charge in [0.15, 0.2) is 0 Å². The number of rotatable bonds is 24. The Hall–Kier alpha value is -15.0. The number of hydrogen-bond acceptors (Lipinski definition) is 12. The average Bonchev–Trinajstić information content (AvgIpc) is 1.59. The molecule has 14 aromatic carbocycles. The molecule has 0 saturated carbocycles. The van der Waals surface area contributed by atoms with Gasteiger partial charge < -0.3 is 71.6 Å². The first kappa shape index (κ1) is 74.2. The first-order valence-corrected chi connectivity index (χ1v) is 39.9. The van der Waals surface area contributed by atoms with Crippen LogP contribution in [0, 0.1) is 0 Å². The first-order chi connectivity index (χ1) is 58.5. The average molecular weight is 1560 g/mol. The summed E-state index contributed by atoms with van der Waals surface area (Å²) in [7, 11) is 13.6. The van der Waals surface area contributed by atoms with E-state index in [1.165, 1.54) is 0 Å². The van der Waals surface area contributed by atoms with E-state index in [1.807, 2.05) is 72.8 Å². The van der Waals surface area contributed by atoms with E-state index in [4.69, 9.17) is 37.9 Å². The molecule has 15 nitrogen and oxygen atoms in total. The predicted octanol–water partition coefficient (Wildman–Crippen LogP) is 25.8. The smallest absolute Gasteiger partial charge is 0.119 e. The Balaban J connectivity index is 0.683. The molecule has 2 aliphatic rings. The van der Waals surface area contributed by atoms with Gasteiger partial charge in [-0.05, 0) is 326 Å². The molecule has 0 radical (unpaired) electrons. The second-order valence-electron chi connectivity index (χ2n) is 29.8. The van der Waals surface area contributed by atoms with E-state index in [0.29, 0.717) is 0 Å². The van der Waals surface area contributed by atoms with Crippen LogP contribution < -0.4 is 48.0 Å². The number of methoxy groups -OCH3 is 8. The number of H-pyrrole nitrogens is 1. The Morgan fingerprint density at radius 1 is 0.252 bits per heavy atom. The lowest BCUT2D eigenvalue weighted by Gasteiger charge is -2.33. The summed E-state index contributed by atoms with van der Waals surface area (Å²) < 4.78 is 50.2. The fourth-order valence-corrected chi connectivity index (χ4v) is 17.2. The van der Waals surface area contributed by atoms with Crippen LogP contribution in [0.2, 0.25) is 0 Å². The lowest BCUT2D eigenvalue weighted by atomic mass is 10.00. The molecule has 586 valence electrons. The van der Waals surface area contributed by atoms with Crippen molar-refractivity contribution in [2.75, 3.05) is 76.5 Å². The van der Waals surface area contributed by atoms with Crippen LogP contribution in [0.4, 0.5) is 56.9 Å². The number of aromatic nitrogens is 3. The van der Waals surface area contributed by atoms with E-state index in [9.17, 15) is 0 Å². The molecule has 0 amide bonds. The van der Waals surface area contributed by atoms with E-state index in [0.717, 1.165) is 215 Å². The number of nitrogens with one attached hydrogen (secondary N) is 1. The number of benzene rings is 14. The molecule has 19 rings (SSSR count). The minimum absolute atomic E-state index is 0.00512. The lowest BCUT2D eigenvalue weighted by molar-refractivity contribution is 0.303. The number of nitrogens with zero attached hydrogens (tertiary/aromatic N) is 6. The Labute approximate surface area is 691 Å². The first-order valence-electron chi connectivity index (χ1n) is 39.9. The van der Waals surface area contributed by atoms with Crippen molar-refractivity contribution in [3.8, 4) is 68.1 Å². The molecule has 3 heterocycles. The van der Waals surface area contributed by atoms with Gasteiger partial charge in [-0.25, -0.2) is 0 Å². The molecule has 2 unspecified atom stereocenters. The Morgan fingerprint density at radius 3 is 0.798 bits per heavy atom. The molecular weight excluding hydrogens is 1480 g/mol. The summed E-state index contributed by atoms with van der Waals surface area (Å²) in [6.45, 7) is 0. The van der Waals surface area contributed by atoms with E-state index >= 15 is 0 Å². The highest BCUT2D eigenvalue weighted by atomic mass is 16.5. The van der Waals surface area contributed by atoms with E-state index in [-0.39, 0.29) is 12.1 Å². The van der Waals surface area contributed by atoms with Crippen LogP contribution in [-0.2, 0) is 9.47 Å². The van der Waals surface area contributed by atoms with Crippen LogP contribution in [0.15, 0.2) is 351 Å². The minimum atomic E-state index is 0.00512. The van der Waals surface area contributed by atoms with Crippen LogP contribution in [0.5, 0.6) is 34.5 Å². The van der Waals surface area contributed by atoms with Gasteiger partial charge in [0.05, 0.1) is 91.0 Å². The predicted molar refractivity (Wildman–Crippen MR) is 486 cm³/mol. The van der Waals surface area contributed by atoms with Crippen molar-refractivity contribution in [1.29, 1.82) is 0 Å². The maximum atomic E-state index is 5.70. The molecule has 0 saturated heterocycles. The zero-order valence-electron chi connectivity index (χ0n) is 67.3. The summed E-state index contributed by atoms with van der Waals surface area (Å²) in [4.78, 5) is 13.2. The third-order valence-electron chi connectivity index (χ3n) is 23.3. The van der Waals surface area contributed by atoms with Gasteiger partial charge in [0.1, 0.15) is 46.0 Å². The summed E-state index contributed by atoms with van der Waals surface area (Å²) >= 11 is 0. The summed E-state index contributed by atoms with van der Waals surface area (Å²) in [5.41, 5.74) is 23.1. The number of fused-ring (bicyclic) bond motifs is 9. The fourth-order valence-electron chi connectivity index (χ4n) is 17.2. The third-order valence-corrected chi connectivity index (χ3v) is 23.3. The highest BCUT2D eigenvalue weighted by Crippen LogP contribution is 2.48. The van der Waals surface area contributed by atoms with Crippen molar-refractivity contribution >= 4 is 122 Å². The number of hydrogen-bond donors (Lipinski definition) is 1. The van der Waals surface area contributed by atoms with Crippen molar-refractivity contribution in [1.82, 2.24) is 14.1 Å². The van der Waals surface area contributed by atoms with Gasteiger partial charge in [-0.3, -0.25) is 0 Å². The molecule has 0 spiro atoms. The Morgan fingerprint density at radius 2 is 0.521 bits per heavy atom. The number of ether oxygens (including phenoxy) is 8. The molecule has 15 heteroatoms. The molecule has 0 bridgehead atoms. The van der Waals surface area contributed by atoms with Crippen molar-refractivity contribution in [3.05, 3.63) is 351 Å². The summed E-state index contributed by atoms with van der Waals surface area (Å²) in [5.74, 6) is 6.42. The lowest BCUT2D eigenvalue weighted by Crippen LogP contribution is -2.30. The van der Waals surface area contributed by atoms with Gasteiger partial charge in [0, 0.05) is 112 Å². The van der Waals surface area contributed by atoms with E-state index in [2.05, 4.69) is 301 Å². The number of aromatic amines is 1. The second kappa shape index (κ2) is 31.7. The van der Waals surface area contributed by atoms with Gasteiger partial charge in [0.2, 0.25) is 0 Å². The fraction of sp³-hybridized carbons (Fsp3) is 0.115. The maximum absolute atomic E-state index is 5.70. The van der Waals surface area contributed by atoms with Crippen LogP contribution in [0.3, 0.4) is 0 Å². The normalized spacial score (nSPS) is 13.8. The number of allylic oxidation sites excluding steroid dienone is 2. The highest BCUT2D eigenvalue weighted by molar-refractivity contribution is 6.14. The monoisotopic (exact) mass is 1560 g/mol. The minimum Gasteiger partial charge on any atom is -0.497 e. The SMILES string of the molecule is COC1=CCC(N(c2ccc(OC)cc2)c2ccc3c(c2)c2cc(N(c4ccc(OC)cc4)c4ccc(OC)cc4)ccc2n3-c2ccc(-c3ccc4[nH]c5ccc(-c6ccc(-n7c8ccc(N(c9ccc(OC)cc9)c9ccc(OC)cc9)cc8c8cc(N(c9ccc(OC)cc9)C9C=CC(OC)=CC9)ccc87)cc6)cc5c4c3)cc2)C=C1. The molecule has 3 aromatic heterocycles. The summed E-state index contributed by atoms with van der Waals surface area (Å²) in [6, 6.07) is 109. The van der Waals surface area contributed by atoms with Crippen molar-refractivity contribution in [3.63, 3.8) is 0 Å². The zero-order chi connectivity index (χ0) is 80.8. The number of anilines is 10. The van der Waals surface area contributed by atoms with Gasteiger partial charge in [0.25, 0.3) is 0 Å². The Kier molecular flexibility index (Phi) is 19.7. The van der Waals surface area contributed by atoms with Crippen LogP contribution >= 0.6 is 0 Å². The molecule has 1 N–H and O–H groups in total. The van der Waals surface area contributed by atoms with Crippen molar-refractivity contribution in [2.45, 2.75) is 24.9 Å². The molecule has 119 heavy (non-hydrogen) atoms. The molecular formula is C104H87N7O8. The molecule has 2 atom stereocenters. The topological polar surface area (TPSA) is 112 Å². The Bertz CT molecular complexity index is 6260. The van der Waals surface area contributed by atoms with Gasteiger partial charge in [-0.2, -0.15) is 0 Å². The second-order valence-corrected chi connectivity index (χ2v) is 29.8. The molecule has 0 aliphatic heterocycles. The standard InChI is InChI=1S/C104H87N7O8/c1-112-85-39-19-71(20-40-85)106(72-21-41-86(113-2)42-22-72)81-35-57-101-95(63-81)96-64-82(107(73-23-43-87(114-3)44-24-73)74-25-45-88(115-4)46-26-74)36-58-102(96)110(101)79-15-9-67(10-16-79)69-13-55-99-93(61-69)94-62-70(14-56-100(94)105-99)68-11-17-80(18-12-68)111-103-59-37-83(108(75-27-47-89(116-5)48-28-75)76-29-49-90(117-6)50-30-76)65-97(103)98-66-84(38-60-104(98)111)109(77-31-51-91(118-7)52-32-77)78-33-53-92(119-8)54-34-78/h9-25,27-33,35-66,74,78,105H,26,34H2,1-8H3. The highest BCUT2D eigenvalue weighted by Gasteiger charge is 2.28.